The number of nitrogens with zero attached hydrogens (tertiary/aromatic N) is 2. The van der Waals surface area contributed by atoms with E-state index in [0.717, 1.165) is 27.3 Å². The molecule has 0 spiro atoms. The van der Waals surface area contributed by atoms with Gasteiger partial charge in [0.05, 0.1) is 11.9 Å². The van der Waals surface area contributed by atoms with Crippen LogP contribution in [0.25, 0.3) is 0 Å². The van der Waals surface area contributed by atoms with E-state index >= 15 is 0 Å². The lowest BCUT2D eigenvalue weighted by atomic mass is 10.1. The molecule has 0 aromatic heterocycles. The number of nitrogens with one attached hydrogen (secondary N) is 1. The Hall–Kier alpha value is -2.87. The molecule has 0 bridgehead atoms. The second kappa shape index (κ2) is 10.4. The molecule has 1 unspecified atom stereocenters. The first-order valence-electron chi connectivity index (χ1n) is 10.9. The number of aryl methyl sites for hydroxylation is 2. The number of carbonyl (C=O) groups is 2. The summed E-state index contributed by atoms with van der Waals surface area (Å²) < 4.78 is 26.6. The van der Waals surface area contributed by atoms with Crippen LogP contribution in [-0.4, -0.2) is 49.5 Å². The molecule has 33 heavy (non-hydrogen) atoms. The summed E-state index contributed by atoms with van der Waals surface area (Å²) in [7, 11) is -3.75. The molecule has 1 atom stereocenters. The van der Waals surface area contributed by atoms with Crippen molar-refractivity contribution in [3.05, 3.63) is 65.2 Å². The predicted octanol–water partition coefficient (Wildman–Crippen LogP) is 3.40. The molecule has 0 aliphatic heterocycles. The lowest BCUT2D eigenvalue weighted by molar-refractivity contribution is -0.140. The lowest BCUT2D eigenvalue weighted by Gasteiger charge is -2.33. The Labute approximate surface area is 197 Å². The fourth-order valence-electron chi connectivity index (χ4n) is 3.61. The maximum atomic E-state index is 13.6. The van der Waals surface area contributed by atoms with Gasteiger partial charge in [-0.05, 0) is 58.2 Å². The van der Waals surface area contributed by atoms with Gasteiger partial charge in [-0.25, -0.2) is 8.42 Å². The summed E-state index contributed by atoms with van der Waals surface area (Å²) >= 11 is 0. The minimum atomic E-state index is -3.75. The number of para-hydroxylation sites is 1. The zero-order valence-corrected chi connectivity index (χ0v) is 21.4. The third-order valence-corrected chi connectivity index (χ3v) is 6.34. The molecule has 2 rings (SSSR count). The van der Waals surface area contributed by atoms with Crippen molar-refractivity contribution in [1.29, 1.82) is 0 Å². The van der Waals surface area contributed by atoms with Crippen LogP contribution in [0.4, 0.5) is 5.69 Å². The molecule has 8 heteroatoms. The standard InChI is InChI=1S/C25H35N3O4S/c1-18-12-11-13-19(2)23(18)28(33(7,31)32)17-22(29)27(16-21-14-9-8-10-15-21)20(3)24(30)26-25(4,5)6/h8-15,20H,16-17H2,1-7H3,(H,26,30). The minimum absolute atomic E-state index is 0.183. The largest absolute Gasteiger partial charge is 0.350 e. The van der Waals surface area contributed by atoms with Gasteiger partial charge in [0.2, 0.25) is 21.8 Å². The Bertz CT molecular complexity index is 1070. The SMILES string of the molecule is Cc1cccc(C)c1N(CC(=O)N(Cc1ccccc1)C(C)C(=O)NC(C)(C)C)S(C)(=O)=O. The Kier molecular flexibility index (Phi) is 8.30. The molecule has 7 nitrogen and oxygen atoms in total. The van der Waals surface area contributed by atoms with E-state index in [1.54, 1.807) is 6.92 Å². The van der Waals surface area contributed by atoms with E-state index in [1.807, 2.05) is 83.1 Å². The maximum absolute atomic E-state index is 13.6. The molecule has 0 saturated carbocycles. The van der Waals surface area contributed by atoms with Gasteiger partial charge in [0.25, 0.3) is 0 Å². The van der Waals surface area contributed by atoms with Crippen molar-refractivity contribution >= 4 is 27.5 Å². The van der Waals surface area contributed by atoms with Crippen LogP contribution in [-0.2, 0) is 26.2 Å². The summed E-state index contributed by atoms with van der Waals surface area (Å²) in [6, 6.07) is 14.0. The summed E-state index contributed by atoms with van der Waals surface area (Å²) in [6.07, 6.45) is 1.09. The van der Waals surface area contributed by atoms with Crippen LogP contribution in [0.5, 0.6) is 0 Å². The van der Waals surface area contributed by atoms with Gasteiger partial charge in [-0.2, -0.15) is 0 Å². The molecule has 0 fully saturated rings. The van der Waals surface area contributed by atoms with E-state index in [-0.39, 0.29) is 12.5 Å². The predicted molar refractivity (Wildman–Crippen MR) is 132 cm³/mol. The number of carbonyl (C=O) groups excluding carboxylic acids is 2. The highest BCUT2D eigenvalue weighted by molar-refractivity contribution is 7.92. The Morgan fingerprint density at radius 2 is 1.52 bits per heavy atom. The van der Waals surface area contributed by atoms with E-state index in [2.05, 4.69) is 5.32 Å². The van der Waals surface area contributed by atoms with E-state index in [1.165, 1.54) is 4.90 Å². The smallest absolute Gasteiger partial charge is 0.244 e. The van der Waals surface area contributed by atoms with E-state index < -0.39 is 34.1 Å². The summed E-state index contributed by atoms with van der Waals surface area (Å²) in [5, 5.41) is 2.91. The lowest BCUT2D eigenvalue weighted by Crippen LogP contribution is -2.54. The van der Waals surface area contributed by atoms with Crippen LogP contribution in [0.3, 0.4) is 0 Å². The van der Waals surface area contributed by atoms with Crippen LogP contribution in [0.15, 0.2) is 48.5 Å². The first-order valence-corrected chi connectivity index (χ1v) is 12.7. The van der Waals surface area contributed by atoms with E-state index in [0.29, 0.717) is 5.69 Å². The van der Waals surface area contributed by atoms with Gasteiger partial charge in [0.1, 0.15) is 12.6 Å². The van der Waals surface area contributed by atoms with Crippen LogP contribution in [0.2, 0.25) is 0 Å². The Morgan fingerprint density at radius 3 is 2.00 bits per heavy atom. The van der Waals surface area contributed by atoms with Crippen LogP contribution < -0.4 is 9.62 Å². The van der Waals surface area contributed by atoms with Gasteiger partial charge >= 0.3 is 0 Å². The van der Waals surface area contributed by atoms with Gasteiger partial charge in [0.15, 0.2) is 0 Å². The first kappa shape index (κ1) is 26.4. The monoisotopic (exact) mass is 473 g/mol. The molecule has 2 aromatic rings. The van der Waals surface area contributed by atoms with Crippen molar-refractivity contribution in [1.82, 2.24) is 10.2 Å². The number of anilines is 1. The molecule has 1 N–H and O–H groups in total. The highest BCUT2D eigenvalue weighted by atomic mass is 32.2. The Balaban J connectivity index is 2.44. The number of sulfonamides is 1. The highest BCUT2D eigenvalue weighted by Crippen LogP contribution is 2.27. The molecule has 0 aliphatic rings. The van der Waals surface area contributed by atoms with Crippen molar-refractivity contribution < 1.29 is 18.0 Å². The molecule has 180 valence electrons. The van der Waals surface area contributed by atoms with E-state index in [4.69, 9.17) is 0 Å². The average molecular weight is 474 g/mol. The van der Waals surface area contributed by atoms with Crippen molar-refractivity contribution in [2.24, 2.45) is 0 Å². The fourth-order valence-corrected chi connectivity index (χ4v) is 4.58. The van der Waals surface area contributed by atoms with Gasteiger partial charge in [-0.15, -0.1) is 0 Å². The number of rotatable bonds is 8. The number of amides is 2. The quantitative estimate of drug-likeness (QED) is 0.637. The normalized spacial score (nSPS) is 12.7. The number of hydrogen-bond donors (Lipinski definition) is 1. The summed E-state index contributed by atoms with van der Waals surface area (Å²) in [5.41, 5.74) is 2.37. The molecule has 0 aliphatic carbocycles. The number of hydrogen-bond acceptors (Lipinski definition) is 4. The maximum Gasteiger partial charge on any atom is 0.244 e. The minimum Gasteiger partial charge on any atom is -0.350 e. The summed E-state index contributed by atoms with van der Waals surface area (Å²) in [5.74, 6) is -0.756. The molecule has 2 aromatic carbocycles. The molecular weight excluding hydrogens is 438 g/mol. The van der Waals surface area contributed by atoms with Gasteiger partial charge in [-0.1, -0.05) is 48.5 Å². The zero-order chi connectivity index (χ0) is 25.0. The first-order chi connectivity index (χ1) is 15.2. The molecule has 0 radical (unpaired) electrons. The van der Waals surface area contributed by atoms with E-state index in [9.17, 15) is 18.0 Å². The highest BCUT2D eigenvalue weighted by Gasteiger charge is 2.32. The second-order valence-corrected chi connectivity index (χ2v) is 11.3. The van der Waals surface area contributed by atoms with Crippen LogP contribution >= 0.6 is 0 Å². The van der Waals surface area contributed by atoms with Gasteiger partial charge < -0.3 is 10.2 Å². The summed E-state index contributed by atoms with van der Waals surface area (Å²) in [6.45, 7) is 10.7. The molecule has 0 saturated heterocycles. The topological polar surface area (TPSA) is 86.8 Å². The van der Waals surface area contributed by atoms with Gasteiger partial charge in [-0.3, -0.25) is 13.9 Å². The summed E-state index contributed by atoms with van der Waals surface area (Å²) in [4.78, 5) is 27.9. The van der Waals surface area contributed by atoms with Crippen molar-refractivity contribution in [3.63, 3.8) is 0 Å². The molecule has 0 heterocycles. The average Bonchev–Trinajstić information content (AvgIpc) is 2.69. The van der Waals surface area contributed by atoms with Crippen molar-refractivity contribution in [2.45, 2.75) is 59.7 Å². The molecular formula is C25H35N3O4S. The Morgan fingerprint density at radius 1 is 0.970 bits per heavy atom. The van der Waals surface area contributed by atoms with Gasteiger partial charge in [0, 0.05) is 12.1 Å². The fraction of sp³-hybridized carbons (Fsp3) is 0.440. The number of benzene rings is 2. The third kappa shape index (κ3) is 7.32. The van der Waals surface area contributed by atoms with Crippen LogP contribution in [0, 0.1) is 13.8 Å². The molecule has 2 amide bonds. The van der Waals surface area contributed by atoms with Crippen molar-refractivity contribution in [2.75, 3.05) is 17.1 Å². The third-order valence-electron chi connectivity index (χ3n) is 5.23. The second-order valence-electron chi connectivity index (χ2n) is 9.43. The van der Waals surface area contributed by atoms with Crippen LogP contribution in [0.1, 0.15) is 44.4 Å². The van der Waals surface area contributed by atoms with Crippen molar-refractivity contribution in [3.8, 4) is 0 Å². The zero-order valence-electron chi connectivity index (χ0n) is 20.5.